The van der Waals surface area contributed by atoms with Crippen molar-refractivity contribution in [3.05, 3.63) is 69.6 Å². The standard InChI is InChI=1S/C20H18F3N3O2/c1-11-7-6-8-12(2)16(11)25-18(27)13(3)26-15-10-5-4-9-14(15)24-17(19(26)28)20(21,22)23/h4-10,13H,1-3H3,(H,25,27). The molecule has 28 heavy (non-hydrogen) atoms. The van der Waals surface area contributed by atoms with E-state index in [2.05, 4.69) is 10.3 Å². The number of nitrogens with one attached hydrogen (secondary N) is 1. The summed E-state index contributed by atoms with van der Waals surface area (Å²) in [6.07, 6.45) is -4.92. The van der Waals surface area contributed by atoms with E-state index in [1.54, 1.807) is 6.07 Å². The first kappa shape index (κ1) is 19.6. The third kappa shape index (κ3) is 3.49. The SMILES string of the molecule is Cc1cccc(C)c1NC(=O)C(C)n1c(=O)c(C(F)(F)F)nc2ccccc21. The highest BCUT2D eigenvalue weighted by atomic mass is 19.4. The van der Waals surface area contributed by atoms with E-state index in [9.17, 15) is 22.8 Å². The molecule has 0 saturated heterocycles. The van der Waals surface area contributed by atoms with Crippen LogP contribution in [0.2, 0.25) is 0 Å². The van der Waals surface area contributed by atoms with E-state index in [1.165, 1.54) is 25.1 Å². The fourth-order valence-corrected chi connectivity index (χ4v) is 3.08. The van der Waals surface area contributed by atoms with Crippen molar-refractivity contribution in [3.63, 3.8) is 0 Å². The quantitative estimate of drug-likeness (QED) is 0.729. The lowest BCUT2D eigenvalue weighted by atomic mass is 10.1. The fraction of sp³-hybridized carbons (Fsp3) is 0.250. The maximum Gasteiger partial charge on any atom is 0.438 e. The number of anilines is 1. The highest BCUT2D eigenvalue weighted by molar-refractivity contribution is 5.95. The van der Waals surface area contributed by atoms with E-state index in [0.29, 0.717) is 5.69 Å². The van der Waals surface area contributed by atoms with Crippen LogP contribution in [0.5, 0.6) is 0 Å². The summed E-state index contributed by atoms with van der Waals surface area (Å²) < 4.78 is 40.7. The number of alkyl halides is 3. The number of amides is 1. The molecule has 0 aliphatic rings. The van der Waals surface area contributed by atoms with Crippen molar-refractivity contribution < 1.29 is 18.0 Å². The van der Waals surface area contributed by atoms with Gasteiger partial charge in [-0.05, 0) is 44.0 Å². The second-order valence-electron chi connectivity index (χ2n) is 6.55. The number of fused-ring (bicyclic) bond motifs is 1. The zero-order valence-electron chi connectivity index (χ0n) is 15.5. The lowest BCUT2D eigenvalue weighted by Crippen LogP contribution is -2.36. The average Bonchev–Trinajstić information content (AvgIpc) is 2.62. The van der Waals surface area contributed by atoms with Crippen molar-refractivity contribution in [1.82, 2.24) is 9.55 Å². The lowest BCUT2D eigenvalue weighted by molar-refractivity contribution is -0.142. The summed E-state index contributed by atoms with van der Waals surface area (Å²) in [5.41, 5.74) is -0.562. The predicted octanol–water partition coefficient (Wildman–Crippen LogP) is 4.23. The monoisotopic (exact) mass is 389 g/mol. The van der Waals surface area contributed by atoms with Crippen LogP contribution >= 0.6 is 0 Å². The van der Waals surface area contributed by atoms with Gasteiger partial charge in [-0.1, -0.05) is 30.3 Å². The molecule has 1 heterocycles. The number of halogens is 3. The van der Waals surface area contributed by atoms with E-state index >= 15 is 0 Å². The third-order valence-corrected chi connectivity index (χ3v) is 4.56. The smallest absolute Gasteiger partial charge is 0.324 e. The molecule has 0 fully saturated rings. The number of nitrogens with zero attached hydrogens (tertiary/aromatic N) is 2. The Kier molecular flexibility index (Phi) is 4.97. The molecule has 8 heteroatoms. The van der Waals surface area contributed by atoms with Crippen LogP contribution in [-0.2, 0) is 11.0 Å². The molecular weight excluding hydrogens is 371 g/mol. The number of hydrogen-bond acceptors (Lipinski definition) is 3. The Labute approximate surface area is 158 Å². The minimum Gasteiger partial charge on any atom is -0.324 e. The first-order valence-corrected chi connectivity index (χ1v) is 8.57. The Morgan fingerprint density at radius 2 is 1.68 bits per heavy atom. The van der Waals surface area contributed by atoms with Crippen LogP contribution in [0.1, 0.15) is 29.8 Å². The minimum absolute atomic E-state index is 0.0128. The summed E-state index contributed by atoms with van der Waals surface area (Å²) in [6, 6.07) is 10.2. The van der Waals surface area contributed by atoms with E-state index in [4.69, 9.17) is 0 Å². The van der Waals surface area contributed by atoms with Crippen molar-refractivity contribution in [3.8, 4) is 0 Å². The largest absolute Gasteiger partial charge is 0.438 e. The topological polar surface area (TPSA) is 64.0 Å². The number of carbonyl (C=O) groups excluding carboxylic acids is 1. The van der Waals surface area contributed by atoms with Crippen LogP contribution < -0.4 is 10.9 Å². The predicted molar refractivity (Wildman–Crippen MR) is 100 cm³/mol. The molecular formula is C20H18F3N3O2. The van der Waals surface area contributed by atoms with Gasteiger partial charge in [0.25, 0.3) is 5.56 Å². The molecule has 1 amide bonds. The Morgan fingerprint density at radius 1 is 1.07 bits per heavy atom. The number of carbonyl (C=O) groups is 1. The summed E-state index contributed by atoms with van der Waals surface area (Å²) in [7, 11) is 0. The number of benzene rings is 2. The van der Waals surface area contributed by atoms with Crippen molar-refractivity contribution >= 4 is 22.6 Å². The summed E-state index contributed by atoms with van der Waals surface area (Å²) in [5, 5.41) is 2.73. The van der Waals surface area contributed by atoms with Crippen molar-refractivity contribution in [2.45, 2.75) is 33.0 Å². The molecule has 2 aromatic carbocycles. The zero-order chi connectivity index (χ0) is 20.6. The van der Waals surface area contributed by atoms with Crippen LogP contribution in [0, 0.1) is 13.8 Å². The molecule has 146 valence electrons. The summed E-state index contributed by atoms with van der Waals surface area (Å²) in [5.74, 6) is -0.594. The second-order valence-corrected chi connectivity index (χ2v) is 6.55. The summed E-state index contributed by atoms with van der Waals surface area (Å²) in [4.78, 5) is 28.8. The zero-order valence-corrected chi connectivity index (χ0v) is 15.5. The molecule has 0 saturated carbocycles. The number of rotatable bonds is 3. The van der Waals surface area contributed by atoms with E-state index < -0.39 is 29.4 Å². The number of aryl methyl sites for hydroxylation is 2. The lowest BCUT2D eigenvalue weighted by Gasteiger charge is -2.20. The molecule has 3 aromatic rings. The van der Waals surface area contributed by atoms with Crippen molar-refractivity contribution in [2.75, 3.05) is 5.32 Å². The normalized spacial score (nSPS) is 12.8. The Bertz CT molecular complexity index is 1100. The Morgan fingerprint density at radius 3 is 2.29 bits per heavy atom. The van der Waals surface area contributed by atoms with Gasteiger partial charge in [-0.2, -0.15) is 13.2 Å². The van der Waals surface area contributed by atoms with Crippen LogP contribution in [0.4, 0.5) is 18.9 Å². The van der Waals surface area contributed by atoms with Crippen LogP contribution in [-0.4, -0.2) is 15.5 Å². The molecule has 1 unspecified atom stereocenters. The first-order chi connectivity index (χ1) is 13.1. The number of para-hydroxylation sites is 3. The van der Waals surface area contributed by atoms with Crippen LogP contribution in [0.3, 0.4) is 0 Å². The van der Waals surface area contributed by atoms with Gasteiger partial charge in [-0.3, -0.25) is 14.2 Å². The molecule has 0 radical (unpaired) electrons. The van der Waals surface area contributed by atoms with Gasteiger partial charge in [0.2, 0.25) is 11.6 Å². The Hall–Kier alpha value is -3.16. The molecule has 3 rings (SSSR count). The first-order valence-electron chi connectivity index (χ1n) is 8.57. The van der Waals surface area contributed by atoms with E-state index in [1.807, 2.05) is 32.0 Å². The number of hydrogen-bond donors (Lipinski definition) is 1. The van der Waals surface area contributed by atoms with Crippen LogP contribution in [0.25, 0.3) is 11.0 Å². The molecule has 0 aliphatic carbocycles. The minimum atomic E-state index is -4.92. The molecule has 0 spiro atoms. The van der Waals surface area contributed by atoms with Crippen molar-refractivity contribution in [2.24, 2.45) is 0 Å². The molecule has 5 nitrogen and oxygen atoms in total. The van der Waals surface area contributed by atoms with Gasteiger partial charge in [-0.15, -0.1) is 0 Å². The van der Waals surface area contributed by atoms with E-state index in [-0.39, 0.29) is 11.0 Å². The van der Waals surface area contributed by atoms with Gasteiger partial charge in [0.1, 0.15) is 6.04 Å². The average molecular weight is 389 g/mol. The Balaban J connectivity index is 2.13. The summed E-state index contributed by atoms with van der Waals surface area (Å²) in [6.45, 7) is 5.00. The molecule has 1 N–H and O–H groups in total. The highest BCUT2D eigenvalue weighted by Crippen LogP contribution is 2.28. The van der Waals surface area contributed by atoms with Crippen LogP contribution in [0.15, 0.2) is 47.3 Å². The molecule has 1 atom stereocenters. The van der Waals surface area contributed by atoms with Gasteiger partial charge in [0, 0.05) is 5.69 Å². The fourth-order valence-electron chi connectivity index (χ4n) is 3.08. The molecule has 0 aliphatic heterocycles. The highest BCUT2D eigenvalue weighted by Gasteiger charge is 2.38. The number of aromatic nitrogens is 2. The maximum absolute atomic E-state index is 13.3. The van der Waals surface area contributed by atoms with Gasteiger partial charge < -0.3 is 5.32 Å². The maximum atomic E-state index is 13.3. The molecule has 1 aromatic heterocycles. The van der Waals surface area contributed by atoms with Gasteiger partial charge in [-0.25, -0.2) is 4.98 Å². The van der Waals surface area contributed by atoms with Gasteiger partial charge in [0.15, 0.2) is 0 Å². The van der Waals surface area contributed by atoms with Gasteiger partial charge in [0.05, 0.1) is 11.0 Å². The van der Waals surface area contributed by atoms with Gasteiger partial charge >= 0.3 is 6.18 Å². The second kappa shape index (κ2) is 7.10. The van der Waals surface area contributed by atoms with Crippen molar-refractivity contribution in [1.29, 1.82) is 0 Å². The van der Waals surface area contributed by atoms with E-state index in [0.717, 1.165) is 15.7 Å². The summed E-state index contributed by atoms with van der Waals surface area (Å²) >= 11 is 0. The third-order valence-electron chi connectivity index (χ3n) is 4.56. The molecule has 0 bridgehead atoms.